The summed E-state index contributed by atoms with van der Waals surface area (Å²) in [5, 5.41) is 3.19. The summed E-state index contributed by atoms with van der Waals surface area (Å²) in [6, 6.07) is 16.5. The Bertz CT molecular complexity index is 1080. The molecular formula is C25H31N3O4S. The van der Waals surface area contributed by atoms with Crippen LogP contribution in [0.2, 0.25) is 0 Å². The van der Waals surface area contributed by atoms with Gasteiger partial charge in [0.1, 0.15) is 0 Å². The summed E-state index contributed by atoms with van der Waals surface area (Å²) in [6.45, 7) is 4.77. The summed E-state index contributed by atoms with van der Waals surface area (Å²) in [6.07, 6.45) is 1.95. The Morgan fingerprint density at radius 3 is 2.24 bits per heavy atom. The van der Waals surface area contributed by atoms with Gasteiger partial charge in [0.2, 0.25) is 15.9 Å². The fourth-order valence-corrected chi connectivity index (χ4v) is 6.09. The number of Topliss-reactive ketones (excluding diaryl/α,β-unsaturated/α-hetero) is 1. The van der Waals surface area contributed by atoms with Gasteiger partial charge in [-0.2, -0.15) is 4.31 Å². The van der Waals surface area contributed by atoms with E-state index in [4.69, 9.17) is 0 Å². The van der Waals surface area contributed by atoms with Crippen LogP contribution in [-0.4, -0.2) is 61.5 Å². The third-order valence-corrected chi connectivity index (χ3v) is 8.50. The number of ketones is 1. The van der Waals surface area contributed by atoms with Crippen LogP contribution in [0.4, 0.5) is 0 Å². The predicted molar refractivity (Wildman–Crippen MR) is 126 cm³/mol. The van der Waals surface area contributed by atoms with Crippen molar-refractivity contribution in [1.29, 1.82) is 0 Å². The molecule has 2 aromatic rings. The van der Waals surface area contributed by atoms with Crippen LogP contribution in [0.25, 0.3) is 0 Å². The van der Waals surface area contributed by atoms with Crippen LogP contribution in [0.3, 0.4) is 0 Å². The average Bonchev–Trinajstić information content (AvgIpc) is 3.26. The maximum Gasteiger partial charge on any atom is 0.243 e. The number of piperidine rings is 1. The Morgan fingerprint density at radius 1 is 0.939 bits per heavy atom. The van der Waals surface area contributed by atoms with Crippen molar-refractivity contribution in [1.82, 2.24) is 14.5 Å². The van der Waals surface area contributed by atoms with Crippen molar-refractivity contribution in [3.8, 4) is 0 Å². The summed E-state index contributed by atoms with van der Waals surface area (Å²) in [5.74, 6) is -0.236. The summed E-state index contributed by atoms with van der Waals surface area (Å²) in [4.78, 5) is 26.8. The van der Waals surface area contributed by atoms with Gasteiger partial charge in [0.05, 0.1) is 4.90 Å². The van der Waals surface area contributed by atoms with Gasteiger partial charge in [0, 0.05) is 50.2 Å². The zero-order valence-corrected chi connectivity index (χ0v) is 19.8. The van der Waals surface area contributed by atoms with E-state index in [9.17, 15) is 18.0 Å². The molecule has 2 heterocycles. The SMILES string of the molecule is CC(=O)c1ccc(S(=O)(=O)N2CCC(C(=O)NC3CCN(Cc4ccccc4)C3)CC2)cc1. The predicted octanol–water partition coefficient (Wildman–Crippen LogP) is 2.68. The summed E-state index contributed by atoms with van der Waals surface area (Å²) >= 11 is 0. The minimum Gasteiger partial charge on any atom is -0.352 e. The summed E-state index contributed by atoms with van der Waals surface area (Å²) in [7, 11) is -3.63. The third-order valence-electron chi connectivity index (χ3n) is 6.59. The highest BCUT2D eigenvalue weighted by molar-refractivity contribution is 7.89. The van der Waals surface area contributed by atoms with Crippen molar-refractivity contribution < 1.29 is 18.0 Å². The lowest BCUT2D eigenvalue weighted by atomic mass is 9.97. The van der Waals surface area contributed by atoms with E-state index in [1.807, 2.05) is 18.2 Å². The largest absolute Gasteiger partial charge is 0.352 e. The lowest BCUT2D eigenvalue weighted by molar-refractivity contribution is -0.126. The van der Waals surface area contributed by atoms with Crippen LogP contribution in [0.5, 0.6) is 0 Å². The molecular weight excluding hydrogens is 438 g/mol. The molecule has 1 unspecified atom stereocenters. The standard InChI is InChI=1S/C25H31N3O4S/c1-19(29)21-7-9-24(10-8-21)33(31,32)28-15-11-22(12-16-28)25(30)26-23-13-14-27(18-23)17-20-5-3-2-4-6-20/h2-10,22-23H,11-18H2,1H3,(H,26,30). The van der Waals surface area contributed by atoms with Crippen LogP contribution in [0, 0.1) is 5.92 Å². The van der Waals surface area contributed by atoms with E-state index in [-0.39, 0.29) is 28.5 Å². The molecule has 2 aliphatic rings. The number of hydrogen-bond donors (Lipinski definition) is 1. The fourth-order valence-electron chi connectivity index (χ4n) is 4.62. The minimum atomic E-state index is -3.63. The maximum absolute atomic E-state index is 12.9. The van der Waals surface area contributed by atoms with E-state index in [0.717, 1.165) is 26.1 Å². The summed E-state index contributed by atoms with van der Waals surface area (Å²) in [5.41, 5.74) is 1.76. The fraction of sp³-hybridized carbons (Fsp3) is 0.440. The maximum atomic E-state index is 12.9. The molecule has 0 aliphatic carbocycles. The van der Waals surface area contributed by atoms with Gasteiger partial charge in [-0.1, -0.05) is 42.5 Å². The molecule has 176 valence electrons. The first-order valence-electron chi connectivity index (χ1n) is 11.5. The average molecular weight is 470 g/mol. The summed E-state index contributed by atoms with van der Waals surface area (Å²) < 4.78 is 27.3. The normalized spacial score (nSPS) is 20.6. The van der Waals surface area contributed by atoms with Crippen LogP contribution >= 0.6 is 0 Å². The van der Waals surface area contributed by atoms with E-state index < -0.39 is 10.0 Å². The van der Waals surface area contributed by atoms with Gasteiger partial charge in [0.15, 0.2) is 5.78 Å². The molecule has 1 atom stereocenters. The van der Waals surface area contributed by atoms with Crippen LogP contribution in [0.15, 0.2) is 59.5 Å². The van der Waals surface area contributed by atoms with Crippen LogP contribution in [0.1, 0.15) is 42.1 Å². The molecule has 2 aliphatic heterocycles. The number of carbonyl (C=O) groups excluding carboxylic acids is 2. The zero-order valence-electron chi connectivity index (χ0n) is 18.9. The van der Waals surface area contributed by atoms with Gasteiger partial charge in [-0.05, 0) is 43.9 Å². The zero-order chi connectivity index (χ0) is 23.4. The van der Waals surface area contributed by atoms with E-state index in [2.05, 4.69) is 22.3 Å². The van der Waals surface area contributed by atoms with Gasteiger partial charge >= 0.3 is 0 Å². The molecule has 0 aromatic heterocycles. The molecule has 0 spiro atoms. The first-order valence-corrected chi connectivity index (χ1v) is 12.9. The van der Waals surface area contributed by atoms with Crippen molar-refractivity contribution in [3.05, 3.63) is 65.7 Å². The van der Waals surface area contributed by atoms with Crippen molar-refractivity contribution in [2.45, 2.75) is 43.7 Å². The van der Waals surface area contributed by atoms with E-state index in [0.29, 0.717) is 31.5 Å². The van der Waals surface area contributed by atoms with E-state index in [1.54, 1.807) is 0 Å². The molecule has 0 bridgehead atoms. The topological polar surface area (TPSA) is 86.8 Å². The van der Waals surface area contributed by atoms with Crippen molar-refractivity contribution in [3.63, 3.8) is 0 Å². The number of rotatable bonds is 7. The lowest BCUT2D eigenvalue weighted by Gasteiger charge is -2.31. The Kier molecular flexibility index (Phi) is 7.26. The third kappa shape index (κ3) is 5.69. The second-order valence-corrected chi connectivity index (χ2v) is 10.9. The smallest absolute Gasteiger partial charge is 0.243 e. The molecule has 0 radical (unpaired) electrons. The number of hydrogen-bond acceptors (Lipinski definition) is 5. The second-order valence-electron chi connectivity index (χ2n) is 8.97. The Hall–Kier alpha value is -2.55. The molecule has 7 nitrogen and oxygen atoms in total. The van der Waals surface area contributed by atoms with E-state index in [1.165, 1.54) is 41.1 Å². The molecule has 2 aromatic carbocycles. The van der Waals surface area contributed by atoms with Crippen molar-refractivity contribution in [2.75, 3.05) is 26.2 Å². The Morgan fingerprint density at radius 2 is 1.61 bits per heavy atom. The number of benzene rings is 2. The number of likely N-dealkylation sites (tertiary alicyclic amines) is 1. The van der Waals surface area contributed by atoms with Crippen molar-refractivity contribution >= 4 is 21.7 Å². The molecule has 1 N–H and O–H groups in total. The number of carbonyl (C=O) groups is 2. The number of nitrogens with one attached hydrogen (secondary N) is 1. The van der Waals surface area contributed by atoms with Crippen LogP contribution < -0.4 is 5.32 Å². The van der Waals surface area contributed by atoms with Crippen LogP contribution in [-0.2, 0) is 21.4 Å². The monoisotopic (exact) mass is 469 g/mol. The lowest BCUT2D eigenvalue weighted by Crippen LogP contribution is -2.45. The number of nitrogens with zero attached hydrogens (tertiary/aromatic N) is 2. The number of sulfonamides is 1. The molecule has 0 saturated carbocycles. The second kappa shape index (κ2) is 10.2. The molecule has 2 fully saturated rings. The first-order chi connectivity index (χ1) is 15.8. The molecule has 1 amide bonds. The number of amides is 1. The highest BCUT2D eigenvalue weighted by Crippen LogP contribution is 2.25. The first kappa shape index (κ1) is 23.6. The molecule has 2 saturated heterocycles. The van der Waals surface area contributed by atoms with Gasteiger partial charge in [0.25, 0.3) is 0 Å². The minimum absolute atomic E-state index is 0.0319. The highest BCUT2D eigenvalue weighted by Gasteiger charge is 2.33. The quantitative estimate of drug-likeness (QED) is 0.630. The van der Waals surface area contributed by atoms with Gasteiger partial charge < -0.3 is 5.32 Å². The Balaban J connectivity index is 1.26. The Labute approximate surface area is 195 Å². The van der Waals surface area contributed by atoms with Crippen molar-refractivity contribution in [2.24, 2.45) is 5.92 Å². The van der Waals surface area contributed by atoms with Gasteiger partial charge in [-0.15, -0.1) is 0 Å². The van der Waals surface area contributed by atoms with Gasteiger partial charge in [-0.25, -0.2) is 8.42 Å². The molecule has 4 rings (SSSR count). The van der Waals surface area contributed by atoms with Gasteiger partial charge in [-0.3, -0.25) is 14.5 Å². The van der Waals surface area contributed by atoms with E-state index >= 15 is 0 Å². The molecule has 8 heteroatoms. The highest BCUT2D eigenvalue weighted by atomic mass is 32.2. The molecule has 33 heavy (non-hydrogen) atoms.